The largest absolute Gasteiger partial charge is 0.419 e. The molecule has 8 nitrogen and oxygen atoms in total. The minimum Gasteiger partial charge on any atom is -0.324 e. The Bertz CT molecular complexity index is 2260. The average molecular weight is 789 g/mol. The molecule has 0 aliphatic carbocycles. The quantitative estimate of drug-likeness (QED) is 0.116. The first-order valence-electron chi connectivity index (χ1n) is 15.6. The lowest BCUT2D eigenvalue weighted by Gasteiger charge is -2.14. The summed E-state index contributed by atoms with van der Waals surface area (Å²) in [6.45, 7) is 6.67. The van der Waals surface area contributed by atoms with Gasteiger partial charge in [-0.2, -0.15) is 37.7 Å². The summed E-state index contributed by atoms with van der Waals surface area (Å²) in [6.07, 6.45) is -7.54. The third-order valence-corrected chi connectivity index (χ3v) is 11.3. The third-order valence-electron chi connectivity index (χ3n) is 7.52. The number of hydrogen-bond donors (Lipinski definition) is 2. The van der Waals surface area contributed by atoms with Crippen LogP contribution in [0.25, 0.3) is 22.5 Å². The van der Waals surface area contributed by atoms with Crippen molar-refractivity contribution in [2.75, 3.05) is 37.3 Å². The summed E-state index contributed by atoms with van der Waals surface area (Å²) in [5, 5.41) is 10.5. The van der Waals surface area contributed by atoms with Gasteiger partial charge in [0.1, 0.15) is 25.4 Å². The molecular formula is C36H32F6N6O2P2S. The fraction of sp³-hybridized carbons (Fsp3) is 0.167. The molecule has 17 heteroatoms. The Hall–Kier alpha value is -4.84. The summed E-state index contributed by atoms with van der Waals surface area (Å²) in [5.41, 5.74) is -0.209. The number of nitrogens with one attached hydrogen (secondary N) is 2. The summed E-state index contributed by atoms with van der Waals surface area (Å²) >= 11 is 1.29. The van der Waals surface area contributed by atoms with E-state index in [4.69, 9.17) is 0 Å². The second-order valence-corrected chi connectivity index (χ2v) is 19.5. The van der Waals surface area contributed by atoms with Crippen LogP contribution in [0.15, 0.2) is 108 Å². The van der Waals surface area contributed by atoms with E-state index in [2.05, 4.69) is 30.6 Å². The van der Waals surface area contributed by atoms with Gasteiger partial charge in [0, 0.05) is 50.9 Å². The van der Waals surface area contributed by atoms with Crippen LogP contribution < -0.4 is 21.2 Å². The monoisotopic (exact) mass is 788 g/mol. The number of anilines is 4. The predicted molar refractivity (Wildman–Crippen MR) is 200 cm³/mol. The first kappa shape index (κ1) is 39.4. The number of halogens is 6. The van der Waals surface area contributed by atoms with Crippen LogP contribution in [0.4, 0.5) is 49.6 Å². The van der Waals surface area contributed by atoms with Crippen LogP contribution in [0, 0.1) is 0 Å². The molecule has 0 saturated carbocycles. The van der Waals surface area contributed by atoms with E-state index in [1.807, 2.05) is 0 Å². The van der Waals surface area contributed by atoms with E-state index in [0.717, 1.165) is 17.7 Å². The zero-order valence-electron chi connectivity index (χ0n) is 28.6. The van der Waals surface area contributed by atoms with Gasteiger partial charge in [0.25, 0.3) is 0 Å². The Balaban J connectivity index is 0.000000204. The Kier molecular flexibility index (Phi) is 11.6. The summed E-state index contributed by atoms with van der Waals surface area (Å²) in [7, 11) is -4.75. The Labute approximate surface area is 305 Å². The lowest BCUT2D eigenvalue weighted by molar-refractivity contribution is -0.138. The molecule has 3 aromatic heterocycles. The van der Waals surface area contributed by atoms with E-state index < -0.39 is 37.8 Å². The summed E-state index contributed by atoms with van der Waals surface area (Å²) < 4.78 is 104. The smallest absolute Gasteiger partial charge is 0.324 e. The Morgan fingerprint density at radius 2 is 0.981 bits per heavy atom. The Morgan fingerprint density at radius 3 is 1.34 bits per heavy atom. The standard InChI is InChI=1S/C19H17F3N3OP.C17H15F3N3OPS/c1-27(2,26)15-10-8-14(9-11-15)24-18-23-12-16(19(20,21)22)17(25-18)13-6-4-3-5-7-13;1-25(2,24)13-5-3-12(4-6-13)22-16-21-9-14(17(18,19)20)15(23-16)11-7-8-26-10-11/h3-12H,1-2H3,(H,23,24,25);3-10H,1-2H3,(H,21,22,23). The first-order valence-corrected chi connectivity index (χ1v) is 21.8. The average Bonchev–Trinajstić information content (AvgIpc) is 3.63. The van der Waals surface area contributed by atoms with E-state index >= 15 is 0 Å². The highest BCUT2D eigenvalue weighted by Gasteiger charge is 2.36. The molecule has 0 atom stereocenters. The minimum absolute atomic E-state index is 0.0470. The van der Waals surface area contributed by atoms with Gasteiger partial charge in [0.05, 0.1) is 11.4 Å². The van der Waals surface area contributed by atoms with Crippen LogP contribution in [-0.4, -0.2) is 46.6 Å². The Morgan fingerprint density at radius 1 is 0.566 bits per heavy atom. The maximum absolute atomic E-state index is 13.3. The van der Waals surface area contributed by atoms with Crippen molar-refractivity contribution in [3.05, 3.63) is 119 Å². The van der Waals surface area contributed by atoms with Gasteiger partial charge >= 0.3 is 12.4 Å². The molecule has 6 rings (SSSR count). The highest BCUT2D eigenvalue weighted by atomic mass is 32.1. The van der Waals surface area contributed by atoms with Crippen LogP contribution in [-0.2, 0) is 21.5 Å². The van der Waals surface area contributed by atoms with Gasteiger partial charge in [-0.25, -0.2) is 19.9 Å². The fourth-order valence-corrected chi connectivity index (χ4v) is 7.17. The maximum atomic E-state index is 13.3. The molecule has 3 heterocycles. The second-order valence-electron chi connectivity index (χ2n) is 12.3. The van der Waals surface area contributed by atoms with Crippen molar-refractivity contribution >= 4 is 59.5 Å². The van der Waals surface area contributed by atoms with Crippen molar-refractivity contribution in [3.8, 4) is 22.5 Å². The normalized spacial score (nSPS) is 12.1. The number of rotatable bonds is 8. The molecule has 0 spiro atoms. The van der Waals surface area contributed by atoms with Gasteiger partial charge in [-0.05, 0) is 86.6 Å². The number of alkyl halides is 6. The number of benzene rings is 3. The fourth-order valence-electron chi connectivity index (χ4n) is 4.80. The minimum atomic E-state index is -4.56. The van der Waals surface area contributed by atoms with Crippen LogP contribution >= 0.6 is 25.6 Å². The summed E-state index contributed by atoms with van der Waals surface area (Å²) in [6, 6.07) is 23.4. The molecule has 53 heavy (non-hydrogen) atoms. The zero-order chi connectivity index (χ0) is 38.6. The lowest BCUT2D eigenvalue weighted by atomic mass is 10.1. The molecule has 2 N–H and O–H groups in total. The summed E-state index contributed by atoms with van der Waals surface area (Å²) in [4.78, 5) is 15.7. The molecule has 0 saturated heterocycles. The van der Waals surface area contributed by atoms with E-state index in [1.54, 1.807) is 122 Å². The van der Waals surface area contributed by atoms with Crippen LogP contribution in [0.2, 0.25) is 0 Å². The van der Waals surface area contributed by atoms with Gasteiger partial charge in [-0.15, -0.1) is 0 Å². The second kappa shape index (κ2) is 15.6. The highest BCUT2D eigenvalue weighted by Crippen LogP contribution is 2.39. The van der Waals surface area contributed by atoms with Crippen molar-refractivity contribution in [2.45, 2.75) is 12.4 Å². The lowest BCUT2D eigenvalue weighted by Crippen LogP contribution is -2.11. The van der Waals surface area contributed by atoms with Crippen LogP contribution in [0.3, 0.4) is 0 Å². The molecule has 0 amide bonds. The zero-order valence-corrected chi connectivity index (χ0v) is 31.2. The van der Waals surface area contributed by atoms with Gasteiger partial charge in [0.15, 0.2) is 0 Å². The SMILES string of the molecule is CP(C)(=O)c1ccc(Nc2ncc(C(F)(F)F)c(-c3ccccc3)n2)cc1.CP(C)(=O)c1ccc(Nc2ncc(C(F)(F)F)c(-c3ccsc3)n2)cc1. The summed E-state index contributed by atoms with van der Waals surface area (Å²) in [5.74, 6) is 0.105. The molecule has 0 radical (unpaired) electrons. The van der Waals surface area contributed by atoms with E-state index in [1.165, 1.54) is 11.3 Å². The van der Waals surface area contributed by atoms with Crippen molar-refractivity contribution in [2.24, 2.45) is 0 Å². The molecular weight excluding hydrogens is 756 g/mol. The van der Waals surface area contributed by atoms with E-state index in [0.29, 0.717) is 27.8 Å². The van der Waals surface area contributed by atoms with Crippen LogP contribution in [0.5, 0.6) is 0 Å². The van der Waals surface area contributed by atoms with E-state index in [9.17, 15) is 35.5 Å². The van der Waals surface area contributed by atoms with Crippen molar-refractivity contribution in [1.29, 1.82) is 0 Å². The predicted octanol–water partition coefficient (Wildman–Crippen LogP) is 10.4. The highest BCUT2D eigenvalue weighted by molar-refractivity contribution is 7.70. The van der Waals surface area contributed by atoms with Gasteiger partial charge in [-0.1, -0.05) is 30.3 Å². The van der Waals surface area contributed by atoms with Gasteiger partial charge in [-0.3, -0.25) is 0 Å². The van der Waals surface area contributed by atoms with Gasteiger partial charge < -0.3 is 19.8 Å². The topological polar surface area (TPSA) is 110 Å². The molecule has 3 aromatic carbocycles. The molecule has 0 unspecified atom stereocenters. The number of thiophene rings is 1. The van der Waals surface area contributed by atoms with E-state index in [-0.39, 0.29) is 23.3 Å². The number of nitrogens with zero attached hydrogens (tertiary/aromatic N) is 4. The molecule has 0 bridgehead atoms. The van der Waals surface area contributed by atoms with Crippen LogP contribution in [0.1, 0.15) is 11.1 Å². The number of aromatic nitrogens is 4. The molecule has 0 fully saturated rings. The molecule has 6 aromatic rings. The van der Waals surface area contributed by atoms with Gasteiger partial charge in [0.2, 0.25) is 11.9 Å². The molecule has 276 valence electrons. The molecule has 0 aliphatic heterocycles. The molecule has 0 aliphatic rings. The maximum Gasteiger partial charge on any atom is 0.419 e. The van der Waals surface area contributed by atoms with Crippen molar-refractivity contribution in [1.82, 2.24) is 19.9 Å². The third kappa shape index (κ3) is 10.4. The van der Waals surface area contributed by atoms with Crippen molar-refractivity contribution < 1.29 is 35.5 Å². The first-order chi connectivity index (χ1) is 24.8. The van der Waals surface area contributed by atoms with Crippen molar-refractivity contribution in [3.63, 3.8) is 0 Å². The number of hydrogen-bond acceptors (Lipinski definition) is 9.